The number of piperazine rings is 1. The molecule has 1 amide bonds. The van der Waals surface area contributed by atoms with Crippen molar-refractivity contribution in [1.29, 1.82) is 0 Å². The van der Waals surface area contributed by atoms with Crippen LogP contribution in [0.15, 0.2) is 29.2 Å². The Morgan fingerprint density at radius 2 is 1.74 bits per heavy atom. The molecule has 1 heterocycles. The van der Waals surface area contributed by atoms with Crippen molar-refractivity contribution >= 4 is 15.9 Å². The van der Waals surface area contributed by atoms with Gasteiger partial charge in [0, 0.05) is 39.1 Å². The molecule has 7 heteroatoms. The second-order valence-corrected chi connectivity index (χ2v) is 7.66. The Balaban J connectivity index is 2.02. The SMILES string of the molecule is CCCc1ccc(S(=O)(=O)N2CCN(C(=O)CCN)CC2)cc1. The molecule has 23 heavy (non-hydrogen) atoms. The van der Waals surface area contributed by atoms with Gasteiger partial charge in [-0.25, -0.2) is 8.42 Å². The van der Waals surface area contributed by atoms with E-state index in [0.717, 1.165) is 18.4 Å². The number of carbonyl (C=O) groups is 1. The zero-order valence-electron chi connectivity index (χ0n) is 13.6. The fraction of sp³-hybridized carbons (Fsp3) is 0.562. The van der Waals surface area contributed by atoms with E-state index in [1.54, 1.807) is 17.0 Å². The van der Waals surface area contributed by atoms with Crippen LogP contribution in [0.2, 0.25) is 0 Å². The molecule has 0 atom stereocenters. The lowest BCUT2D eigenvalue weighted by Gasteiger charge is -2.34. The van der Waals surface area contributed by atoms with Crippen molar-refractivity contribution in [2.75, 3.05) is 32.7 Å². The molecule has 1 saturated heterocycles. The van der Waals surface area contributed by atoms with Gasteiger partial charge in [0.05, 0.1) is 4.90 Å². The number of carbonyl (C=O) groups excluding carboxylic acids is 1. The van der Waals surface area contributed by atoms with Gasteiger partial charge >= 0.3 is 0 Å². The van der Waals surface area contributed by atoms with Gasteiger partial charge < -0.3 is 10.6 Å². The van der Waals surface area contributed by atoms with Crippen molar-refractivity contribution in [3.05, 3.63) is 29.8 Å². The van der Waals surface area contributed by atoms with Gasteiger partial charge in [0.2, 0.25) is 15.9 Å². The summed E-state index contributed by atoms with van der Waals surface area (Å²) < 4.78 is 26.8. The zero-order chi connectivity index (χ0) is 16.9. The molecule has 0 bridgehead atoms. The maximum Gasteiger partial charge on any atom is 0.243 e. The first kappa shape index (κ1) is 17.9. The van der Waals surface area contributed by atoms with Crippen LogP contribution in [0, 0.1) is 0 Å². The van der Waals surface area contributed by atoms with Gasteiger partial charge in [-0.1, -0.05) is 25.5 Å². The lowest BCUT2D eigenvalue weighted by atomic mass is 10.1. The molecule has 0 unspecified atom stereocenters. The number of nitrogens with two attached hydrogens (primary N) is 1. The van der Waals surface area contributed by atoms with E-state index in [1.165, 1.54) is 4.31 Å². The quantitative estimate of drug-likeness (QED) is 0.832. The van der Waals surface area contributed by atoms with Crippen molar-refractivity contribution < 1.29 is 13.2 Å². The predicted octanol–water partition coefficient (Wildman–Crippen LogP) is 0.821. The average Bonchev–Trinajstić information content (AvgIpc) is 2.56. The molecule has 1 fully saturated rings. The van der Waals surface area contributed by atoms with Crippen LogP contribution in [0.3, 0.4) is 0 Å². The Labute approximate surface area is 138 Å². The van der Waals surface area contributed by atoms with Crippen molar-refractivity contribution in [1.82, 2.24) is 9.21 Å². The summed E-state index contributed by atoms with van der Waals surface area (Å²) in [6, 6.07) is 7.09. The molecule has 2 N–H and O–H groups in total. The highest BCUT2D eigenvalue weighted by molar-refractivity contribution is 7.89. The minimum Gasteiger partial charge on any atom is -0.340 e. The summed E-state index contributed by atoms with van der Waals surface area (Å²) >= 11 is 0. The number of amides is 1. The van der Waals surface area contributed by atoms with Crippen molar-refractivity contribution in [3.8, 4) is 0 Å². The summed E-state index contributed by atoms with van der Waals surface area (Å²) in [6.07, 6.45) is 2.29. The van der Waals surface area contributed by atoms with Crippen molar-refractivity contribution in [2.45, 2.75) is 31.1 Å². The first-order valence-corrected chi connectivity index (χ1v) is 9.50. The van der Waals surface area contributed by atoms with Crippen molar-refractivity contribution in [3.63, 3.8) is 0 Å². The number of hydrogen-bond donors (Lipinski definition) is 1. The van der Waals surface area contributed by atoms with E-state index in [9.17, 15) is 13.2 Å². The van der Waals surface area contributed by atoms with E-state index in [0.29, 0.717) is 44.0 Å². The van der Waals surface area contributed by atoms with Gasteiger partial charge in [-0.3, -0.25) is 4.79 Å². The average molecular weight is 339 g/mol. The van der Waals surface area contributed by atoms with E-state index in [4.69, 9.17) is 5.73 Å². The zero-order valence-corrected chi connectivity index (χ0v) is 14.4. The summed E-state index contributed by atoms with van der Waals surface area (Å²) in [6.45, 7) is 3.92. The molecular weight excluding hydrogens is 314 g/mol. The van der Waals surface area contributed by atoms with Crippen LogP contribution >= 0.6 is 0 Å². The maximum absolute atomic E-state index is 12.7. The minimum absolute atomic E-state index is 0.00605. The summed E-state index contributed by atoms with van der Waals surface area (Å²) in [5, 5.41) is 0. The topological polar surface area (TPSA) is 83.7 Å². The number of hydrogen-bond acceptors (Lipinski definition) is 4. The summed E-state index contributed by atoms with van der Waals surface area (Å²) in [5.41, 5.74) is 6.53. The third kappa shape index (κ3) is 4.31. The third-order valence-corrected chi connectivity index (χ3v) is 5.96. The molecule has 0 aromatic heterocycles. The highest BCUT2D eigenvalue weighted by Gasteiger charge is 2.29. The van der Waals surface area contributed by atoms with E-state index in [-0.39, 0.29) is 5.91 Å². The van der Waals surface area contributed by atoms with Crippen LogP contribution in [0.4, 0.5) is 0 Å². The molecule has 0 aliphatic carbocycles. The molecule has 1 aliphatic heterocycles. The van der Waals surface area contributed by atoms with E-state index in [1.807, 2.05) is 12.1 Å². The largest absolute Gasteiger partial charge is 0.340 e. The number of rotatable bonds is 6. The Morgan fingerprint density at radius 3 is 2.26 bits per heavy atom. The van der Waals surface area contributed by atoms with E-state index in [2.05, 4.69) is 6.92 Å². The van der Waals surface area contributed by atoms with Crippen LogP contribution in [-0.4, -0.2) is 56.3 Å². The maximum atomic E-state index is 12.7. The first-order chi connectivity index (χ1) is 11.0. The van der Waals surface area contributed by atoms with Gasteiger partial charge in [-0.2, -0.15) is 4.31 Å². The highest BCUT2D eigenvalue weighted by atomic mass is 32.2. The third-order valence-electron chi connectivity index (χ3n) is 4.05. The normalized spacial score (nSPS) is 16.5. The van der Waals surface area contributed by atoms with Gasteiger partial charge in [-0.15, -0.1) is 0 Å². The van der Waals surface area contributed by atoms with Crippen LogP contribution < -0.4 is 5.73 Å². The van der Waals surface area contributed by atoms with Crippen LogP contribution in [-0.2, 0) is 21.2 Å². The molecule has 0 spiro atoms. The fourth-order valence-electron chi connectivity index (χ4n) is 2.73. The number of aryl methyl sites for hydroxylation is 1. The van der Waals surface area contributed by atoms with Gasteiger partial charge in [0.25, 0.3) is 0 Å². The predicted molar refractivity (Wildman–Crippen MR) is 89.4 cm³/mol. The summed E-state index contributed by atoms with van der Waals surface area (Å²) in [4.78, 5) is 13.8. The molecule has 2 rings (SSSR count). The Kier molecular flexibility index (Phi) is 6.15. The van der Waals surface area contributed by atoms with Gasteiger partial charge in [0.1, 0.15) is 0 Å². The van der Waals surface area contributed by atoms with Gasteiger partial charge in [-0.05, 0) is 24.1 Å². The van der Waals surface area contributed by atoms with E-state index < -0.39 is 10.0 Å². The Morgan fingerprint density at radius 1 is 1.13 bits per heavy atom. The first-order valence-electron chi connectivity index (χ1n) is 8.06. The molecule has 1 aromatic carbocycles. The van der Waals surface area contributed by atoms with Crippen LogP contribution in [0.1, 0.15) is 25.3 Å². The van der Waals surface area contributed by atoms with Crippen LogP contribution in [0.25, 0.3) is 0 Å². The number of sulfonamides is 1. The number of nitrogens with zero attached hydrogens (tertiary/aromatic N) is 2. The molecule has 6 nitrogen and oxygen atoms in total. The lowest BCUT2D eigenvalue weighted by Crippen LogP contribution is -2.50. The standard InChI is InChI=1S/C16H25N3O3S/c1-2-3-14-4-6-15(7-5-14)23(21,22)19-12-10-18(11-13-19)16(20)8-9-17/h4-7H,2-3,8-13,17H2,1H3. The second kappa shape index (κ2) is 7.90. The monoisotopic (exact) mass is 339 g/mol. The molecule has 0 saturated carbocycles. The minimum atomic E-state index is -3.48. The molecule has 1 aliphatic rings. The Bertz CT molecular complexity index is 620. The molecule has 0 radical (unpaired) electrons. The fourth-order valence-corrected chi connectivity index (χ4v) is 4.15. The highest BCUT2D eigenvalue weighted by Crippen LogP contribution is 2.19. The summed E-state index contributed by atoms with van der Waals surface area (Å²) in [5.74, 6) is -0.00605. The molecule has 1 aromatic rings. The summed E-state index contributed by atoms with van der Waals surface area (Å²) in [7, 11) is -3.48. The molecule has 128 valence electrons. The molecular formula is C16H25N3O3S. The van der Waals surface area contributed by atoms with E-state index >= 15 is 0 Å². The Hall–Kier alpha value is -1.44. The van der Waals surface area contributed by atoms with Crippen LogP contribution in [0.5, 0.6) is 0 Å². The second-order valence-electron chi connectivity index (χ2n) is 5.72. The number of benzene rings is 1. The smallest absolute Gasteiger partial charge is 0.243 e. The van der Waals surface area contributed by atoms with Crippen molar-refractivity contribution in [2.24, 2.45) is 5.73 Å². The van der Waals surface area contributed by atoms with Gasteiger partial charge in [0.15, 0.2) is 0 Å². The lowest BCUT2D eigenvalue weighted by molar-refractivity contribution is -0.132.